The molecule has 9 heteroatoms. The van der Waals surface area contributed by atoms with Gasteiger partial charge >= 0.3 is 0 Å². The maximum atomic E-state index is 13.1. The van der Waals surface area contributed by atoms with Crippen LogP contribution in [0, 0.1) is 5.82 Å². The van der Waals surface area contributed by atoms with Crippen molar-refractivity contribution in [1.29, 1.82) is 0 Å². The minimum Gasteiger partial charge on any atom is -0.495 e. The van der Waals surface area contributed by atoms with Crippen molar-refractivity contribution in [3.63, 3.8) is 0 Å². The SMILES string of the molecule is COc1ccc(NC(=O)CN(C)CCc2ccc(F)cc2)cc1S(=O)(=O)N1CCCCC1. The fourth-order valence-corrected chi connectivity index (χ4v) is 5.39. The highest BCUT2D eigenvalue weighted by Crippen LogP contribution is 2.31. The fourth-order valence-electron chi connectivity index (χ4n) is 3.70. The lowest BCUT2D eigenvalue weighted by Gasteiger charge is -2.26. The van der Waals surface area contributed by atoms with Crippen molar-refractivity contribution in [2.24, 2.45) is 0 Å². The molecule has 3 rings (SSSR count). The van der Waals surface area contributed by atoms with Crippen molar-refractivity contribution in [2.75, 3.05) is 45.7 Å². The summed E-state index contributed by atoms with van der Waals surface area (Å²) in [6.45, 7) is 1.74. The quantitative estimate of drug-likeness (QED) is 0.618. The van der Waals surface area contributed by atoms with Crippen LogP contribution in [-0.4, -0.2) is 63.9 Å². The number of nitrogens with zero attached hydrogens (tertiary/aromatic N) is 2. The average Bonchev–Trinajstić information content (AvgIpc) is 2.79. The monoisotopic (exact) mass is 463 g/mol. The van der Waals surface area contributed by atoms with E-state index in [1.165, 1.54) is 29.6 Å². The van der Waals surface area contributed by atoms with Gasteiger partial charge in [0, 0.05) is 25.3 Å². The Kier molecular flexibility index (Phi) is 8.22. The third-order valence-corrected chi connectivity index (χ3v) is 7.41. The minimum atomic E-state index is -3.71. The molecule has 1 heterocycles. The molecular formula is C23H30FN3O4S. The van der Waals surface area contributed by atoms with Gasteiger partial charge in [0.25, 0.3) is 0 Å². The first-order valence-corrected chi connectivity index (χ1v) is 12.1. The molecular weight excluding hydrogens is 433 g/mol. The summed E-state index contributed by atoms with van der Waals surface area (Å²) in [5.74, 6) is -0.272. The van der Waals surface area contributed by atoms with Gasteiger partial charge in [-0.05, 0) is 62.2 Å². The fraction of sp³-hybridized carbons (Fsp3) is 0.435. The number of ether oxygens (including phenoxy) is 1. The molecule has 0 unspecified atom stereocenters. The Labute approximate surface area is 189 Å². The Bertz CT molecular complexity index is 1020. The molecule has 1 amide bonds. The molecule has 1 N–H and O–H groups in total. The van der Waals surface area contributed by atoms with E-state index in [0.29, 0.717) is 31.7 Å². The molecule has 2 aromatic carbocycles. The number of methoxy groups -OCH3 is 1. The van der Waals surface area contributed by atoms with Crippen molar-refractivity contribution < 1.29 is 22.3 Å². The summed E-state index contributed by atoms with van der Waals surface area (Å²) in [6.07, 6.45) is 3.38. The third kappa shape index (κ3) is 6.27. The van der Waals surface area contributed by atoms with Gasteiger partial charge in [0.05, 0.1) is 13.7 Å². The molecule has 0 aliphatic carbocycles. The predicted octanol–water partition coefficient (Wildman–Crippen LogP) is 3.12. The number of hydrogen-bond donors (Lipinski definition) is 1. The number of halogens is 1. The van der Waals surface area contributed by atoms with Crippen LogP contribution in [0.25, 0.3) is 0 Å². The first-order chi connectivity index (χ1) is 15.3. The molecule has 0 radical (unpaired) electrons. The molecule has 0 saturated carbocycles. The number of nitrogens with one attached hydrogen (secondary N) is 1. The number of rotatable bonds is 9. The van der Waals surface area contributed by atoms with Crippen LogP contribution in [0.15, 0.2) is 47.4 Å². The highest BCUT2D eigenvalue weighted by atomic mass is 32.2. The van der Waals surface area contributed by atoms with Gasteiger partial charge in [-0.25, -0.2) is 12.8 Å². The van der Waals surface area contributed by atoms with E-state index in [4.69, 9.17) is 4.74 Å². The minimum absolute atomic E-state index is 0.0596. The summed E-state index contributed by atoms with van der Waals surface area (Å²) in [5, 5.41) is 2.78. The van der Waals surface area contributed by atoms with E-state index in [9.17, 15) is 17.6 Å². The summed E-state index contributed by atoms with van der Waals surface area (Å²) < 4.78 is 46.0. The van der Waals surface area contributed by atoms with Crippen molar-refractivity contribution in [1.82, 2.24) is 9.21 Å². The topological polar surface area (TPSA) is 79.0 Å². The molecule has 2 aromatic rings. The summed E-state index contributed by atoms with van der Waals surface area (Å²) in [4.78, 5) is 14.4. The van der Waals surface area contributed by atoms with Gasteiger partial charge in [0.15, 0.2) is 0 Å². The van der Waals surface area contributed by atoms with Crippen LogP contribution in [0.1, 0.15) is 24.8 Å². The van der Waals surface area contributed by atoms with Gasteiger partial charge in [-0.1, -0.05) is 18.6 Å². The van der Waals surface area contributed by atoms with Gasteiger partial charge in [-0.3, -0.25) is 9.69 Å². The molecule has 1 fully saturated rings. The first kappa shape index (κ1) is 24.2. The molecule has 0 bridgehead atoms. The van der Waals surface area contributed by atoms with Crippen LogP contribution in [0.5, 0.6) is 5.75 Å². The van der Waals surface area contributed by atoms with Crippen molar-refractivity contribution in [3.8, 4) is 5.75 Å². The lowest BCUT2D eigenvalue weighted by atomic mass is 10.1. The number of anilines is 1. The number of sulfonamides is 1. The van der Waals surface area contributed by atoms with E-state index in [-0.39, 0.29) is 28.9 Å². The van der Waals surface area contributed by atoms with E-state index in [1.807, 2.05) is 11.9 Å². The second-order valence-electron chi connectivity index (χ2n) is 7.99. The van der Waals surface area contributed by atoms with Gasteiger partial charge in [0.1, 0.15) is 16.5 Å². The molecule has 1 aliphatic heterocycles. The smallest absolute Gasteiger partial charge is 0.246 e. The average molecular weight is 464 g/mol. The summed E-state index contributed by atoms with van der Waals surface area (Å²) in [7, 11) is -0.456. The van der Waals surface area contributed by atoms with E-state index in [2.05, 4.69) is 5.32 Å². The van der Waals surface area contributed by atoms with Gasteiger partial charge in [0.2, 0.25) is 15.9 Å². The molecule has 1 saturated heterocycles. The summed E-state index contributed by atoms with van der Waals surface area (Å²) in [6, 6.07) is 10.9. The maximum Gasteiger partial charge on any atom is 0.246 e. The molecule has 174 valence electrons. The number of carbonyl (C=O) groups is 1. The highest BCUT2D eigenvalue weighted by Gasteiger charge is 2.29. The first-order valence-electron chi connectivity index (χ1n) is 10.7. The molecule has 0 spiro atoms. The zero-order chi connectivity index (χ0) is 23.1. The molecule has 1 aliphatic rings. The Morgan fingerprint density at radius 3 is 2.47 bits per heavy atom. The van der Waals surface area contributed by atoms with Crippen molar-refractivity contribution in [3.05, 3.63) is 53.8 Å². The zero-order valence-electron chi connectivity index (χ0n) is 18.5. The molecule has 7 nitrogen and oxygen atoms in total. The van der Waals surface area contributed by atoms with E-state index in [1.54, 1.807) is 24.3 Å². The number of hydrogen-bond acceptors (Lipinski definition) is 5. The Hall–Kier alpha value is -2.49. The largest absolute Gasteiger partial charge is 0.495 e. The Balaban J connectivity index is 1.63. The number of likely N-dealkylation sites (N-methyl/N-ethyl adjacent to an activating group) is 1. The molecule has 32 heavy (non-hydrogen) atoms. The van der Waals surface area contributed by atoms with Crippen LogP contribution >= 0.6 is 0 Å². The third-order valence-electron chi connectivity index (χ3n) is 5.49. The van der Waals surface area contributed by atoms with E-state index < -0.39 is 10.0 Å². The Morgan fingerprint density at radius 2 is 1.81 bits per heavy atom. The van der Waals surface area contributed by atoms with Crippen LogP contribution in [0.2, 0.25) is 0 Å². The van der Waals surface area contributed by atoms with Crippen LogP contribution < -0.4 is 10.1 Å². The summed E-state index contributed by atoms with van der Waals surface area (Å²) >= 11 is 0. The number of piperidine rings is 1. The maximum absolute atomic E-state index is 13.1. The van der Waals surface area contributed by atoms with Crippen LogP contribution in [0.3, 0.4) is 0 Å². The zero-order valence-corrected chi connectivity index (χ0v) is 19.3. The van der Waals surface area contributed by atoms with Gasteiger partial charge < -0.3 is 10.1 Å². The molecule has 0 aromatic heterocycles. The molecule has 0 atom stereocenters. The van der Waals surface area contributed by atoms with Gasteiger partial charge in [-0.2, -0.15) is 4.31 Å². The highest BCUT2D eigenvalue weighted by molar-refractivity contribution is 7.89. The summed E-state index contributed by atoms with van der Waals surface area (Å²) in [5.41, 5.74) is 1.39. The number of amides is 1. The van der Waals surface area contributed by atoms with Crippen LogP contribution in [-0.2, 0) is 21.2 Å². The number of carbonyl (C=O) groups excluding carboxylic acids is 1. The Morgan fingerprint density at radius 1 is 1.12 bits per heavy atom. The lowest BCUT2D eigenvalue weighted by Crippen LogP contribution is -2.36. The van der Waals surface area contributed by atoms with Crippen LogP contribution in [0.4, 0.5) is 10.1 Å². The van der Waals surface area contributed by atoms with Crippen molar-refractivity contribution >= 4 is 21.6 Å². The second kappa shape index (κ2) is 10.9. The van der Waals surface area contributed by atoms with Gasteiger partial charge in [-0.15, -0.1) is 0 Å². The van der Waals surface area contributed by atoms with E-state index in [0.717, 1.165) is 24.8 Å². The van der Waals surface area contributed by atoms with Crippen molar-refractivity contribution in [2.45, 2.75) is 30.6 Å². The van der Waals surface area contributed by atoms with E-state index >= 15 is 0 Å². The standard InChI is InChI=1S/C23H30FN3O4S/c1-26(15-12-18-6-8-19(24)9-7-18)17-23(28)25-20-10-11-21(31-2)22(16-20)32(29,30)27-13-4-3-5-14-27/h6-11,16H,3-5,12-15,17H2,1-2H3,(H,25,28). The normalized spacial score (nSPS) is 15.0. The predicted molar refractivity (Wildman–Crippen MR) is 122 cm³/mol. The lowest BCUT2D eigenvalue weighted by molar-refractivity contribution is -0.117. The second-order valence-corrected chi connectivity index (χ2v) is 9.90. The number of benzene rings is 2.